The summed E-state index contributed by atoms with van der Waals surface area (Å²) in [5, 5.41) is 2.09. The quantitative estimate of drug-likeness (QED) is 0.604. The van der Waals surface area contributed by atoms with E-state index in [-0.39, 0.29) is 0 Å². The molecule has 0 saturated carbocycles. The molecule has 0 radical (unpaired) electrons. The second-order valence-electron chi connectivity index (χ2n) is 4.05. The molecular weight excluding hydrogens is 238 g/mol. The first-order valence-electron chi connectivity index (χ1n) is 5.44. The minimum absolute atomic E-state index is 0.390. The molecule has 4 nitrogen and oxygen atoms in total. The van der Waals surface area contributed by atoms with Crippen molar-refractivity contribution in [2.75, 3.05) is 18.0 Å². The van der Waals surface area contributed by atoms with Crippen molar-refractivity contribution in [1.82, 2.24) is 9.97 Å². The van der Waals surface area contributed by atoms with Gasteiger partial charge in [0.1, 0.15) is 11.0 Å². The fourth-order valence-corrected chi connectivity index (χ4v) is 2.15. The van der Waals surface area contributed by atoms with Crippen LogP contribution in [-0.2, 0) is 0 Å². The van der Waals surface area contributed by atoms with Crippen molar-refractivity contribution in [3.8, 4) is 0 Å². The zero-order chi connectivity index (χ0) is 11.8. The van der Waals surface area contributed by atoms with Crippen LogP contribution >= 0.6 is 11.6 Å². The van der Waals surface area contributed by atoms with Crippen LogP contribution in [0.5, 0.6) is 0 Å². The van der Waals surface area contributed by atoms with E-state index in [1.54, 1.807) is 18.5 Å². The highest BCUT2D eigenvalue weighted by Crippen LogP contribution is 2.29. The van der Waals surface area contributed by atoms with Crippen LogP contribution in [0.15, 0.2) is 18.5 Å². The maximum absolute atomic E-state index is 11.0. The molecule has 0 atom stereocenters. The summed E-state index contributed by atoms with van der Waals surface area (Å²) in [7, 11) is 0. The van der Waals surface area contributed by atoms with E-state index in [0.29, 0.717) is 10.7 Å². The van der Waals surface area contributed by atoms with Crippen molar-refractivity contribution in [3.63, 3.8) is 0 Å². The van der Waals surface area contributed by atoms with Gasteiger partial charge in [-0.1, -0.05) is 11.6 Å². The molecule has 0 bridgehead atoms. The number of anilines is 1. The molecule has 86 valence electrons. The maximum Gasteiger partial charge on any atom is 0.152 e. The summed E-state index contributed by atoms with van der Waals surface area (Å²) in [5.41, 5.74) is 0.550. The number of carbonyl (C=O) groups excluding carboxylic acids is 1. The molecule has 0 aromatic carbocycles. The summed E-state index contributed by atoms with van der Waals surface area (Å²) in [4.78, 5) is 21.6. The molecule has 1 aliphatic heterocycles. The number of pyridine rings is 2. The van der Waals surface area contributed by atoms with E-state index in [0.717, 1.165) is 36.0 Å². The molecule has 1 aliphatic rings. The number of hydrogen-bond acceptors (Lipinski definition) is 4. The number of carbonyl (C=O) groups is 1. The molecule has 0 spiro atoms. The monoisotopic (exact) mass is 247 g/mol. The van der Waals surface area contributed by atoms with Crippen molar-refractivity contribution in [1.29, 1.82) is 0 Å². The first-order valence-corrected chi connectivity index (χ1v) is 5.82. The topological polar surface area (TPSA) is 46.1 Å². The molecule has 5 heteroatoms. The van der Waals surface area contributed by atoms with Crippen molar-refractivity contribution in [2.24, 2.45) is 0 Å². The van der Waals surface area contributed by atoms with Gasteiger partial charge in [-0.15, -0.1) is 0 Å². The lowest BCUT2D eigenvalue weighted by Gasteiger charge is -2.32. The summed E-state index contributed by atoms with van der Waals surface area (Å²) in [6.07, 6.45) is 5.26. The van der Waals surface area contributed by atoms with Crippen LogP contribution in [0, 0.1) is 0 Å². The van der Waals surface area contributed by atoms with Gasteiger partial charge in [0.05, 0.1) is 0 Å². The zero-order valence-corrected chi connectivity index (χ0v) is 9.81. The highest BCUT2D eigenvalue weighted by Gasteiger charge is 2.19. The van der Waals surface area contributed by atoms with Gasteiger partial charge >= 0.3 is 0 Å². The van der Waals surface area contributed by atoms with Crippen molar-refractivity contribution >= 4 is 34.5 Å². The van der Waals surface area contributed by atoms with Crippen LogP contribution in [0.3, 0.4) is 0 Å². The predicted octanol–water partition coefficient (Wildman–Crippen LogP) is 2.31. The largest absolute Gasteiger partial charge is 0.356 e. The molecule has 3 rings (SSSR count). The highest BCUT2D eigenvalue weighted by molar-refractivity contribution is 6.30. The minimum atomic E-state index is 0.390. The average molecular weight is 248 g/mol. The smallest absolute Gasteiger partial charge is 0.152 e. The molecule has 0 unspecified atom stereocenters. The van der Waals surface area contributed by atoms with Crippen molar-refractivity contribution in [2.45, 2.75) is 6.42 Å². The number of halogens is 1. The number of aldehydes is 1. The lowest BCUT2D eigenvalue weighted by Crippen LogP contribution is -2.37. The first kappa shape index (κ1) is 10.5. The fourth-order valence-electron chi connectivity index (χ4n) is 1.99. The van der Waals surface area contributed by atoms with Gasteiger partial charge in [-0.25, -0.2) is 9.97 Å². The van der Waals surface area contributed by atoms with E-state index < -0.39 is 0 Å². The Labute approximate surface area is 103 Å². The number of aromatic nitrogens is 2. The van der Waals surface area contributed by atoms with E-state index in [9.17, 15) is 4.79 Å². The van der Waals surface area contributed by atoms with E-state index in [2.05, 4.69) is 14.9 Å². The van der Waals surface area contributed by atoms with Gasteiger partial charge in [-0.05, 0) is 12.5 Å². The molecule has 3 heterocycles. The van der Waals surface area contributed by atoms with Gasteiger partial charge in [0.15, 0.2) is 6.29 Å². The summed E-state index contributed by atoms with van der Waals surface area (Å²) in [6, 6.07) is 1.71. The van der Waals surface area contributed by atoms with E-state index >= 15 is 0 Å². The lowest BCUT2D eigenvalue weighted by atomic mass is 10.1. The van der Waals surface area contributed by atoms with Crippen LogP contribution in [0.25, 0.3) is 10.8 Å². The second-order valence-corrected chi connectivity index (χ2v) is 4.44. The normalized spacial score (nSPS) is 14.8. The molecule has 1 fully saturated rings. The molecule has 0 N–H and O–H groups in total. The predicted molar refractivity (Wildman–Crippen MR) is 66.8 cm³/mol. The first-order chi connectivity index (χ1) is 8.29. The van der Waals surface area contributed by atoms with Gasteiger partial charge < -0.3 is 4.90 Å². The van der Waals surface area contributed by atoms with Crippen LogP contribution < -0.4 is 4.90 Å². The molecule has 17 heavy (non-hydrogen) atoms. The van der Waals surface area contributed by atoms with Crippen LogP contribution in [0.2, 0.25) is 5.15 Å². The Morgan fingerprint density at radius 1 is 1.24 bits per heavy atom. The van der Waals surface area contributed by atoms with Crippen LogP contribution in [0.4, 0.5) is 5.82 Å². The van der Waals surface area contributed by atoms with Gasteiger partial charge in [0.2, 0.25) is 0 Å². The molecule has 1 saturated heterocycles. The lowest BCUT2D eigenvalue weighted by molar-refractivity contribution is 0.112. The van der Waals surface area contributed by atoms with Crippen molar-refractivity contribution < 1.29 is 4.79 Å². The molecular formula is C12H10ClN3O. The van der Waals surface area contributed by atoms with Crippen LogP contribution in [0.1, 0.15) is 16.8 Å². The third-order valence-electron chi connectivity index (χ3n) is 3.03. The Morgan fingerprint density at radius 3 is 2.71 bits per heavy atom. The number of rotatable bonds is 2. The highest BCUT2D eigenvalue weighted by atomic mass is 35.5. The standard InChI is InChI=1S/C12H10ClN3O/c13-11-4-9-8(7-17)5-15-12(10(9)6-14-11)16-2-1-3-16/h4-7H,1-3H2. The second kappa shape index (κ2) is 3.96. The summed E-state index contributed by atoms with van der Waals surface area (Å²) >= 11 is 5.87. The van der Waals surface area contributed by atoms with Gasteiger partial charge in [0, 0.05) is 41.8 Å². The number of nitrogens with zero attached hydrogens (tertiary/aromatic N) is 3. The Hall–Kier alpha value is -1.68. The van der Waals surface area contributed by atoms with Gasteiger partial charge in [0.25, 0.3) is 0 Å². The molecule has 0 aliphatic carbocycles. The average Bonchev–Trinajstić information content (AvgIpc) is 2.26. The Bertz CT molecular complexity index is 596. The fraction of sp³-hybridized carbons (Fsp3) is 0.250. The number of fused-ring (bicyclic) bond motifs is 1. The van der Waals surface area contributed by atoms with Crippen molar-refractivity contribution in [3.05, 3.63) is 29.2 Å². The zero-order valence-electron chi connectivity index (χ0n) is 9.06. The third kappa shape index (κ3) is 1.65. The number of hydrogen-bond donors (Lipinski definition) is 0. The van der Waals surface area contributed by atoms with Crippen LogP contribution in [-0.4, -0.2) is 29.3 Å². The SMILES string of the molecule is O=Cc1cnc(N2CCC2)c2cnc(Cl)cc12. The van der Waals surface area contributed by atoms with E-state index in [1.807, 2.05) is 0 Å². The maximum atomic E-state index is 11.0. The van der Waals surface area contributed by atoms with Gasteiger partial charge in [-0.2, -0.15) is 0 Å². The minimum Gasteiger partial charge on any atom is -0.356 e. The Morgan fingerprint density at radius 2 is 2.06 bits per heavy atom. The molecule has 2 aromatic rings. The Balaban J connectivity index is 2.28. The Kier molecular flexibility index (Phi) is 2.44. The van der Waals surface area contributed by atoms with Gasteiger partial charge in [-0.3, -0.25) is 4.79 Å². The summed E-state index contributed by atoms with van der Waals surface area (Å²) in [6.45, 7) is 2.01. The summed E-state index contributed by atoms with van der Waals surface area (Å²) < 4.78 is 0. The summed E-state index contributed by atoms with van der Waals surface area (Å²) in [5.74, 6) is 0.890. The third-order valence-corrected chi connectivity index (χ3v) is 3.24. The molecule has 0 amide bonds. The van der Waals surface area contributed by atoms with E-state index in [1.165, 1.54) is 6.42 Å². The molecule has 2 aromatic heterocycles. The van der Waals surface area contributed by atoms with E-state index in [4.69, 9.17) is 11.6 Å².